The molecule has 115 valence electrons. The van der Waals surface area contributed by atoms with Gasteiger partial charge in [-0.1, -0.05) is 30.3 Å². The predicted molar refractivity (Wildman–Crippen MR) is 88.6 cm³/mol. The van der Waals surface area contributed by atoms with Crippen LogP contribution in [0.2, 0.25) is 0 Å². The zero-order valence-corrected chi connectivity index (χ0v) is 13.5. The van der Waals surface area contributed by atoms with Gasteiger partial charge in [0.2, 0.25) is 0 Å². The minimum absolute atomic E-state index is 0. The van der Waals surface area contributed by atoms with Gasteiger partial charge in [-0.3, -0.25) is 0 Å². The van der Waals surface area contributed by atoms with Gasteiger partial charge in [-0.2, -0.15) is 11.8 Å². The standard InChI is InChI=1S/C13H17NO3.C2H6S.B/c15-9-12-7-4-8-14(12)13(16)17-10-11-5-2-1-3-6-11;1-3-2;/h1-3,5-6,12,15H,4,7-10H2;1-2H3;/t12-;;/m1../s1. The topological polar surface area (TPSA) is 49.8 Å². The number of aliphatic hydroxyl groups is 1. The zero-order chi connectivity index (χ0) is 14.8. The van der Waals surface area contributed by atoms with Gasteiger partial charge in [-0.25, -0.2) is 4.79 Å². The number of carbonyl (C=O) groups is 1. The summed E-state index contributed by atoms with van der Waals surface area (Å²) in [5, 5.41) is 9.12. The van der Waals surface area contributed by atoms with Gasteiger partial charge in [0, 0.05) is 15.0 Å². The highest BCUT2D eigenvalue weighted by Crippen LogP contribution is 2.18. The largest absolute Gasteiger partial charge is 0.445 e. The number of nitrogens with zero attached hydrogens (tertiary/aromatic N) is 1. The van der Waals surface area contributed by atoms with Crippen LogP contribution in [0, 0.1) is 0 Å². The van der Waals surface area contributed by atoms with Gasteiger partial charge in [0.15, 0.2) is 0 Å². The van der Waals surface area contributed by atoms with Crippen molar-refractivity contribution >= 4 is 26.3 Å². The van der Waals surface area contributed by atoms with Crippen molar-refractivity contribution in [2.45, 2.75) is 25.5 Å². The second-order valence-corrected chi connectivity index (χ2v) is 5.44. The second kappa shape index (κ2) is 11.5. The molecule has 0 saturated carbocycles. The smallest absolute Gasteiger partial charge is 0.410 e. The molecule has 0 bridgehead atoms. The fraction of sp³-hybridized carbons (Fsp3) is 0.533. The van der Waals surface area contributed by atoms with Crippen molar-refractivity contribution in [3.63, 3.8) is 0 Å². The molecule has 1 aromatic rings. The Morgan fingerprint density at radius 1 is 1.38 bits per heavy atom. The number of rotatable bonds is 3. The summed E-state index contributed by atoms with van der Waals surface area (Å²) in [4.78, 5) is 13.4. The van der Waals surface area contributed by atoms with Crippen molar-refractivity contribution in [1.29, 1.82) is 0 Å². The van der Waals surface area contributed by atoms with Crippen molar-refractivity contribution in [1.82, 2.24) is 4.90 Å². The third-order valence-corrected chi connectivity index (χ3v) is 3.03. The van der Waals surface area contributed by atoms with Gasteiger partial charge in [0.25, 0.3) is 0 Å². The molecule has 21 heavy (non-hydrogen) atoms. The average Bonchev–Trinajstić information content (AvgIpc) is 2.95. The maximum absolute atomic E-state index is 11.8. The van der Waals surface area contributed by atoms with E-state index in [2.05, 4.69) is 0 Å². The summed E-state index contributed by atoms with van der Waals surface area (Å²) in [6.07, 6.45) is 5.55. The SMILES string of the molecule is CSC.O=C(OCc1ccccc1)N1CCC[C@@H]1CO.[B]. The van der Waals surface area contributed by atoms with E-state index in [1.165, 1.54) is 0 Å². The first kappa shape index (κ1) is 19.9. The number of ether oxygens (including phenoxy) is 1. The molecule has 1 aromatic carbocycles. The molecule has 0 spiro atoms. The van der Waals surface area contributed by atoms with Crippen LogP contribution in [0.25, 0.3) is 0 Å². The summed E-state index contributed by atoms with van der Waals surface area (Å²) in [6.45, 7) is 0.980. The molecule has 0 aromatic heterocycles. The maximum atomic E-state index is 11.8. The molecule has 1 N–H and O–H groups in total. The molecule has 1 atom stereocenters. The van der Waals surface area contributed by atoms with E-state index in [0.29, 0.717) is 6.54 Å². The first-order valence-corrected chi connectivity index (χ1v) is 8.34. The summed E-state index contributed by atoms with van der Waals surface area (Å²) in [5.74, 6) is 0. The Labute approximate surface area is 133 Å². The molecule has 1 saturated heterocycles. The van der Waals surface area contributed by atoms with Crippen molar-refractivity contribution in [3.05, 3.63) is 35.9 Å². The third kappa shape index (κ3) is 6.91. The Morgan fingerprint density at radius 2 is 2.00 bits per heavy atom. The van der Waals surface area contributed by atoms with E-state index in [1.807, 2.05) is 42.8 Å². The summed E-state index contributed by atoms with van der Waals surface area (Å²) in [6, 6.07) is 9.51. The number of benzene rings is 1. The van der Waals surface area contributed by atoms with Gasteiger partial charge in [0.1, 0.15) is 6.61 Å². The lowest BCUT2D eigenvalue weighted by Crippen LogP contribution is -2.37. The van der Waals surface area contributed by atoms with E-state index in [0.717, 1.165) is 18.4 Å². The molecule has 1 aliphatic rings. The van der Waals surface area contributed by atoms with Crippen molar-refractivity contribution in [3.8, 4) is 0 Å². The third-order valence-electron chi connectivity index (χ3n) is 3.03. The number of carbonyl (C=O) groups excluding carboxylic acids is 1. The fourth-order valence-corrected chi connectivity index (χ4v) is 2.07. The van der Waals surface area contributed by atoms with Crippen LogP contribution in [0.1, 0.15) is 18.4 Å². The van der Waals surface area contributed by atoms with Crippen LogP contribution in [0.4, 0.5) is 4.79 Å². The highest BCUT2D eigenvalue weighted by molar-refractivity contribution is 7.97. The Bertz CT molecular complexity index is 392. The Morgan fingerprint density at radius 3 is 2.57 bits per heavy atom. The van der Waals surface area contributed by atoms with Crippen LogP contribution in [0.15, 0.2) is 30.3 Å². The quantitative estimate of drug-likeness (QED) is 0.871. The average molecular weight is 308 g/mol. The number of aliphatic hydroxyl groups excluding tert-OH is 1. The molecule has 0 unspecified atom stereocenters. The second-order valence-electron chi connectivity index (χ2n) is 4.62. The summed E-state index contributed by atoms with van der Waals surface area (Å²) in [5.41, 5.74) is 0.973. The summed E-state index contributed by atoms with van der Waals surface area (Å²) >= 11 is 1.75. The number of amides is 1. The molecule has 2 rings (SSSR count). The minimum Gasteiger partial charge on any atom is -0.445 e. The molecule has 0 aliphatic carbocycles. The first-order valence-electron chi connectivity index (χ1n) is 6.71. The van der Waals surface area contributed by atoms with Crippen LogP contribution in [-0.4, -0.2) is 56.2 Å². The van der Waals surface area contributed by atoms with Crippen LogP contribution >= 0.6 is 11.8 Å². The van der Waals surface area contributed by atoms with Crippen molar-refractivity contribution in [2.24, 2.45) is 0 Å². The number of likely N-dealkylation sites (tertiary alicyclic amines) is 1. The monoisotopic (exact) mass is 308 g/mol. The van der Waals surface area contributed by atoms with Gasteiger partial charge in [-0.05, 0) is 30.9 Å². The predicted octanol–water partition coefficient (Wildman–Crippen LogP) is 2.38. The van der Waals surface area contributed by atoms with Crippen molar-refractivity contribution in [2.75, 3.05) is 25.7 Å². The van der Waals surface area contributed by atoms with Gasteiger partial charge in [0.05, 0.1) is 12.6 Å². The molecule has 1 fully saturated rings. The number of hydrogen-bond acceptors (Lipinski definition) is 4. The molecule has 4 nitrogen and oxygen atoms in total. The lowest BCUT2D eigenvalue weighted by Gasteiger charge is -2.22. The van der Waals surface area contributed by atoms with Crippen LogP contribution in [-0.2, 0) is 11.3 Å². The van der Waals surface area contributed by atoms with Crippen LogP contribution in [0.3, 0.4) is 0 Å². The molecule has 3 radical (unpaired) electrons. The minimum atomic E-state index is -0.328. The lowest BCUT2D eigenvalue weighted by molar-refractivity contribution is 0.0795. The van der Waals surface area contributed by atoms with E-state index < -0.39 is 0 Å². The summed E-state index contributed by atoms with van der Waals surface area (Å²) in [7, 11) is 0. The molecule has 6 heteroatoms. The normalized spacial score (nSPS) is 16.5. The highest BCUT2D eigenvalue weighted by Gasteiger charge is 2.28. The maximum Gasteiger partial charge on any atom is 0.410 e. The van der Waals surface area contributed by atoms with E-state index in [4.69, 9.17) is 9.84 Å². The fourth-order valence-electron chi connectivity index (χ4n) is 2.07. The number of thioether (sulfide) groups is 1. The van der Waals surface area contributed by atoms with Crippen LogP contribution in [0.5, 0.6) is 0 Å². The van der Waals surface area contributed by atoms with Crippen molar-refractivity contribution < 1.29 is 14.6 Å². The van der Waals surface area contributed by atoms with Gasteiger partial charge in [-0.15, -0.1) is 0 Å². The highest BCUT2D eigenvalue weighted by atomic mass is 32.2. The molecular formula is C15H23BNO3S. The Balaban J connectivity index is 0.000000922. The van der Waals surface area contributed by atoms with E-state index in [9.17, 15) is 4.79 Å². The molecule has 1 amide bonds. The van der Waals surface area contributed by atoms with E-state index >= 15 is 0 Å². The first-order chi connectivity index (χ1) is 9.72. The Kier molecular flexibility index (Phi) is 10.9. The summed E-state index contributed by atoms with van der Waals surface area (Å²) < 4.78 is 5.22. The zero-order valence-electron chi connectivity index (χ0n) is 12.7. The lowest BCUT2D eigenvalue weighted by atomic mass is 10.2. The molecule has 1 aliphatic heterocycles. The van der Waals surface area contributed by atoms with E-state index in [-0.39, 0.29) is 33.8 Å². The molecular weight excluding hydrogens is 285 g/mol. The van der Waals surface area contributed by atoms with Gasteiger partial charge >= 0.3 is 6.09 Å². The van der Waals surface area contributed by atoms with Crippen LogP contribution < -0.4 is 0 Å². The Hall–Kier alpha value is -1.14. The number of hydrogen-bond donors (Lipinski definition) is 1. The molecule has 1 heterocycles. The van der Waals surface area contributed by atoms with Gasteiger partial charge < -0.3 is 14.7 Å². The van der Waals surface area contributed by atoms with E-state index in [1.54, 1.807) is 16.7 Å².